The Bertz CT molecular complexity index is 889. The van der Waals surface area contributed by atoms with Crippen LogP contribution in [0.3, 0.4) is 0 Å². The van der Waals surface area contributed by atoms with Gasteiger partial charge in [0.25, 0.3) is 0 Å². The summed E-state index contributed by atoms with van der Waals surface area (Å²) in [7, 11) is 0. The lowest BCUT2D eigenvalue weighted by Crippen LogP contribution is -2.53. The van der Waals surface area contributed by atoms with Gasteiger partial charge in [-0.15, -0.1) is 0 Å². The minimum absolute atomic E-state index is 0.00481. The Hall–Kier alpha value is -1.65. The first-order valence-corrected chi connectivity index (χ1v) is 14.6. The monoisotopic (exact) mass is 500 g/mol. The van der Waals surface area contributed by atoms with Gasteiger partial charge in [-0.3, -0.25) is 14.4 Å². The summed E-state index contributed by atoms with van der Waals surface area (Å²) in [6, 6.07) is 0. The summed E-state index contributed by atoms with van der Waals surface area (Å²) in [5, 5.41) is 8.83. The van der Waals surface area contributed by atoms with Crippen molar-refractivity contribution >= 4 is 17.7 Å². The largest absolute Gasteiger partial charge is 0.481 e. The van der Waals surface area contributed by atoms with E-state index >= 15 is 0 Å². The first-order valence-electron chi connectivity index (χ1n) is 14.6. The van der Waals surface area contributed by atoms with Crippen LogP contribution >= 0.6 is 0 Å². The molecule has 5 heteroatoms. The van der Waals surface area contributed by atoms with Crippen LogP contribution in [-0.4, -0.2) is 28.9 Å². The molecule has 0 spiro atoms. The fraction of sp³-hybridized carbons (Fsp3) is 0.839. The topological polar surface area (TPSA) is 80.7 Å². The van der Waals surface area contributed by atoms with Gasteiger partial charge in [-0.2, -0.15) is 0 Å². The second-order valence-electron chi connectivity index (χ2n) is 13.5. The summed E-state index contributed by atoms with van der Waals surface area (Å²) < 4.78 is 5.63. The van der Waals surface area contributed by atoms with Gasteiger partial charge in [-0.1, -0.05) is 59.5 Å². The van der Waals surface area contributed by atoms with Crippen LogP contribution in [0.15, 0.2) is 11.6 Å². The average Bonchev–Trinajstić information content (AvgIpc) is 3.15. The molecule has 202 valence electrons. The van der Waals surface area contributed by atoms with Crippen molar-refractivity contribution in [2.75, 3.05) is 0 Å². The maximum absolute atomic E-state index is 13.7. The molecule has 3 saturated carbocycles. The molecule has 0 aromatic carbocycles. The first kappa shape index (κ1) is 27.4. The Labute approximate surface area is 217 Å². The van der Waals surface area contributed by atoms with Gasteiger partial charge in [0.05, 0.1) is 12.8 Å². The van der Waals surface area contributed by atoms with Crippen LogP contribution in [0.4, 0.5) is 0 Å². The molecule has 5 nitrogen and oxygen atoms in total. The van der Waals surface area contributed by atoms with E-state index in [0.717, 1.165) is 42.6 Å². The summed E-state index contributed by atoms with van der Waals surface area (Å²) in [4.78, 5) is 36.6. The smallest absolute Gasteiger partial charge is 0.306 e. The Morgan fingerprint density at radius 2 is 1.78 bits per heavy atom. The first-order chi connectivity index (χ1) is 17.0. The SMILES string of the molecule is CC(C)CCC[C@@H](C)[C@H]1CC[C@H]2[C@@H]3C(=O)C=C4CC(OC(=O)CCC(=O)O)CC[C@]4(C)[C@H]3CC[C@]12C. The number of carboxylic acid groups (broad SMARTS) is 1. The Morgan fingerprint density at radius 1 is 1.03 bits per heavy atom. The molecule has 4 aliphatic carbocycles. The molecule has 4 rings (SSSR count). The van der Waals surface area contributed by atoms with Gasteiger partial charge in [0.15, 0.2) is 5.78 Å². The summed E-state index contributed by atoms with van der Waals surface area (Å²) >= 11 is 0. The van der Waals surface area contributed by atoms with Gasteiger partial charge in [0, 0.05) is 12.3 Å². The molecule has 0 aromatic heterocycles. The predicted octanol–water partition coefficient (Wildman–Crippen LogP) is 6.98. The molecule has 4 aliphatic rings. The van der Waals surface area contributed by atoms with Crippen molar-refractivity contribution in [3.63, 3.8) is 0 Å². The van der Waals surface area contributed by atoms with E-state index in [1.807, 2.05) is 6.08 Å². The van der Waals surface area contributed by atoms with Crippen LogP contribution in [0, 0.1) is 46.3 Å². The van der Waals surface area contributed by atoms with E-state index in [2.05, 4.69) is 34.6 Å². The zero-order valence-electron chi connectivity index (χ0n) is 23.2. The van der Waals surface area contributed by atoms with E-state index in [-0.39, 0.29) is 35.7 Å². The van der Waals surface area contributed by atoms with Crippen LogP contribution in [0.1, 0.15) is 112 Å². The molecule has 3 fully saturated rings. The maximum atomic E-state index is 13.7. The van der Waals surface area contributed by atoms with Crippen LogP contribution in [0.25, 0.3) is 0 Å². The normalized spacial score (nSPS) is 38.6. The molecule has 1 N–H and O–H groups in total. The third-order valence-electron chi connectivity index (χ3n) is 10.9. The van der Waals surface area contributed by atoms with Crippen molar-refractivity contribution in [2.45, 2.75) is 118 Å². The highest BCUT2D eigenvalue weighted by Crippen LogP contribution is 2.66. The third kappa shape index (κ3) is 5.18. The van der Waals surface area contributed by atoms with Crippen LogP contribution in [0.2, 0.25) is 0 Å². The maximum Gasteiger partial charge on any atom is 0.306 e. The zero-order chi connectivity index (χ0) is 26.3. The lowest BCUT2D eigenvalue weighted by Gasteiger charge is -2.57. The number of allylic oxidation sites excluding steroid dienone is 1. The highest BCUT2D eigenvalue weighted by molar-refractivity contribution is 5.94. The Morgan fingerprint density at radius 3 is 2.47 bits per heavy atom. The third-order valence-corrected chi connectivity index (χ3v) is 10.9. The second kappa shape index (κ2) is 10.6. The number of hydrogen-bond acceptors (Lipinski definition) is 4. The standard InChI is InChI=1S/C31H48O5/c1-19(2)7-6-8-20(3)23-9-10-24-29-25(14-16-31(23,24)5)30(4)15-13-22(17-21(30)18-26(29)32)36-28(35)12-11-27(33)34/h18-20,22-25,29H,6-17H2,1-5H3,(H,33,34)/t20-,22?,23-,24+,25+,29+,30+,31-/m1/s1. The van der Waals surface area contributed by atoms with Crippen LogP contribution in [0.5, 0.6) is 0 Å². The van der Waals surface area contributed by atoms with Gasteiger partial charge in [0.2, 0.25) is 0 Å². The summed E-state index contributed by atoms with van der Waals surface area (Å²) in [6.07, 6.45) is 12.5. The molecule has 0 radical (unpaired) electrons. The van der Waals surface area contributed by atoms with Crippen molar-refractivity contribution in [1.29, 1.82) is 0 Å². The van der Waals surface area contributed by atoms with Crippen molar-refractivity contribution in [3.8, 4) is 0 Å². The van der Waals surface area contributed by atoms with E-state index in [9.17, 15) is 14.4 Å². The van der Waals surface area contributed by atoms with E-state index < -0.39 is 11.9 Å². The van der Waals surface area contributed by atoms with E-state index in [1.54, 1.807) is 0 Å². The minimum atomic E-state index is -0.988. The van der Waals surface area contributed by atoms with Gasteiger partial charge in [-0.05, 0) is 85.0 Å². The summed E-state index contributed by atoms with van der Waals surface area (Å²) in [5.41, 5.74) is 1.44. The molecule has 0 amide bonds. The number of fused-ring (bicyclic) bond motifs is 5. The molecule has 0 bridgehead atoms. The molecule has 1 unspecified atom stereocenters. The number of carboxylic acids is 1. The zero-order valence-corrected chi connectivity index (χ0v) is 23.2. The molecular weight excluding hydrogens is 452 g/mol. The highest BCUT2D eigenvalue weighted by Gasteiger charge is 2.61. The Balaban J connectivity index is 1.45. The number of rotatable bonds is 9. The number of ketones is 1. The molecule has 0 aliphatic heterocycles. The lowest BCUT2D eigenvalue weighted by atomic mass is 9.46. The fourth-order valence-electron chi connectivity index (χ4n) is 8.95. The van der Waals surface area contributed by atoms with Crippen LogP contribution < -0.4 is 0 Å². The van der Waals surface area contributed by atoms with Crippen molar-refractivity contribution in [1.82, 2.24) is 0 Å². The molecule has 8 atom stereocenters. The lowest BCUT2D eigenvalue weighted by molar-refractivity contribution is -0.154. The van der Waals surface area contributed by atoms with Crippen molar-refractivity contribution in [3.05, 3.63) is 11.6 Å². The number of aliphatic carboxylic acids is 1. The minimum Gasteiger partial charge on any atom is -0.481 e. The number of hydrogen-bond donors (Lipinski definition) is 1. The molecule has 0 aromatic rings. The highest BCUT2D eigenvalue weighted by atomic mass is 16.5. The van der Waals surface area contributed by atoms with Gasteiger partial charge in [-0.25, -0.2) is 0 Å². The quantitative estimate of drug-likeness (QED) is 0.345. The van der Waals surface area contributed by atoms with E-state index in [0.29, 0.717) is 24.0 Å². The number of esters is 1. The van der Waals surface area contributed by atoms with Gasteiger partial charge < -0.3 is 9.84 Å². The number of carbonyl (C=O) groups is 3. The fourth-order valence-corrected chi connectivity index (χ4v) is 8.95. The Kier molecular flexibility index (Phi) is 8.07. The molecule has 36 heavy (non-hydrogen) atoms. The van der Waals surface area contributed by atoms with E-state index in [1.165, 1.54) is 38.5 Å². The number of carbonyl (C=O) groups excluding carboxylic acids is 2. The van der Waals surface area contributed by atoms with E-state index in [4.69, 9.17) is 9.84 Å². The summed E-state index contributed by atoms with van der Waals surface area (Å²) in [5.74, 6) is 2.12. The van der Waals surface area contributed by atoms with Gasteiger partial charge in [0.1, 0.15) is 6.10 Å². The molecule has 0 saturated heterocycles. The molecule has 0 heterocycles. The second-order valence-corrected chi connectivity index (χ2v) is 13.5. The summed E-state index contributed by atoms with van der Waals surface area (Å²) in [6.45, 7) is 12.0. The average molecular weight is 501 g/mol. The predicted molar refractivity (Wildman–Crippen MR) is 140 cm³/mol. The number of ether oxygens (including phenoxy) is 1. The van der Waals surface area contributed by atoms with Crippen molar-refractivity contribution in [2.24, 2.45) is 46.3 Å². The molecular formula is C31H48O5. The van der Waals surface area contributed by atoms with Gasteiger partial charge >= 0.3 is 11.9 Å². The van der Waals surface area contributed by atoms with Crippen molar-refractivity contribution < 1.29 is 24.2 Å². The van der Waals surface area contributed by atoms with Crippen LogP contribution in [-0.2, 0) is 19.1 Å².